The molecule has 0 aliphatic rings. The second-order valence-corrected chi connectivity index (χ2v) is 6.74. The van der Waals surface area contributed by atoms with Crippen LogP contribution in [0.15, 0.2) is 72.8 Å². The minimum absolute atomic E-state index is 0.343. The van der Waals surface area contributed by atoms with Crippen molar-refractivity contribution in [1.82, 2.24) is 0 Å². The van der Waals surface area contributed by atoms with Gasteiger partial charge in [0, 0.05) is 0 Å². The van der Waals surface area contributed by atoms with Crippen molar-refractivity contribution in [1.29, 1.82) is 0 Å². The molecule has 0 amide bonds. The molecule has 5 nitrogen and oxygen atoms in total. The van der Waals surface area contributed by atoms with E-state index in [1.807, 2.05) is 18.2 Å². The molecule has 30 heavy (non-hydrogen) atoms. The maximum atomic E-state index is 12.5. The fraction of sp³-hybridized carbons (Fsp3) is 0.200. The summed E-state index contributed by atoms with van der Waals surface area (Å²) < 4.78 is 16.0. The molecule has 3 aromatic rings. The average molecular weight is 404 g/mol. The van der Waals surface area contributed by atoms with Gasteiger partial charge in [0.05, 0.1) is 18.2 Å². The molecule has 0 spiro atoms. The first kappa shape index (κ1) is 21.1. The van der Waals surface area contributed by atoms with Crippen LogP contribution in [0.2, 0.25) is 0 Å². The Morgan fingerprint density at radius 2 is 1.30 bits per heavy atom. The minimum atomic E-state index is -0.488. The number of methoxy groups -OCH3 is 1. The van der Waals surface area contributed by atoms with Crippen molar-refractivity contribution in [2.75, 3.05) is 7.11 Å². The number of hydrogen-bond acceptors (Lipinski definition) is 5. The molecular weight excluding hydrogens is 380 g/mol. The first-order valence-corrected chi connectivity index (χ1v) is 9.87. The summed E-state index contributed by atoms with van der Waals surface area (Å²) in [7, 11) is 1.56. The predicted octanol–water partition coefficient (Wildman–Crippen LogP) is 5.48. The number of para-hydroxylation sites is 1. The lowest BCUT2D eigenvalue weighted by Crippen LogP contribution is -2.11. The van der Waals surface area contributed by atoms with Crippen molar-refractivity contribution < 1.29 is 23.8 Å². The summed E-state index contributed by atoms with van der Waals surface area (Å²) in [6, 6.07) is 20.5. The summed E-state index contributed by atoms with van der Waals surface area (Å²) >= 11 is 0. The third-order valence-corrected chi connectivity index (χ3v) is 4.60. The molecule has 0 aliphatic heterocycles. The van der Waals surface area contributed by atoms with E-state index >= 15 is 0 Å². The molecule has 0 saturated carbocycles. The van der Waals surface area contributed by atoms with E-state index in [9.17, 15) is 9.59 Å². The lowest BCUT2D eigenvalue weighted by Gasteiger charge is -2.10. The van der Waals surface area contributed by atoms with Crippen LogP contribution < -0.4 is 14.2 Å². The second-order valence-electron chi connectivity index (χ2n) is 6.74. The van der Waals surface area contributed by atoms with Gasteiger partial charge in [-0.1, -0.05) is 31.5 Å². The first-order chi connectivity index (χ1) is 14.6. The molecule has 0 N–H and O–H groups in total. The summed E-state index contributed by atoms with van der Waals surface area (Å²) in [6.07, 6.45) is 2.96. The molecule has 0 saturated heterocycles. The van der Waals surface area contributed by atoms with Crippen LogP contribution in [0.5, 0.6) is 17.2 Å². The zero-order chi connectivity index (χ0) is 21.3. The van der Waals surface area contributed by atoms with E-state index in [-0.39, 0.29) is 0 Å². The lowest BCUT2D eigenvalue weighted by atomic mass is 10.1. The number of hydrogen-bond donors (Lipinski definition) is 0. The van der Waals surface area contributed by atoms with Crippen molar-refractivity contribution in [2.24, 2.45) is 0 Å². The number of esters is 2. The van der Waals surface area contributed by atoms with Gasteiger partial charge in [0.25, 0.3) is 0 Å². The standard InChI is InChI=1S/C25H24O5/c1-3-4-7-18-8-5-6-9-23(18)30-25(27)20-12-16-22(17-13-20)29-24(26)19-10-14-21(28-2)15-11-19/h5-6,8-17H,3-4,7H2,1-2H3. The van der Waals surface area contributed by atoms with E-state index in [0.717, 1.165) is 24.8 Å². The molecule has 154 valence electrons. The van der Waals surface area contributed by atoms with Crippen LogP contribution in [0.3, 0.4) is 0 Å². The molecule has 0 bridgehead atoms. The number of unbranched alkanes of at least 4 members (excludes halogenated alkanes) is 1. The summed E-state index contributed by atoms with van der Waals surface area (Å²) in [5, 5.41) is 0. The van der Waals surface area contributed by atoms with Gasteiger partial charge in [0.1, 0.15) is 17.2 Å². The largest absolute Gasteiger partial charge is 0.497 e. The molecule has 0 aliphatic carbocycles. The number of benzene rings is 3. The van der Waals surface area contributed by atoms with Crippen LogP contribution in [-0.2, 0) is 6.42 Å². The molecular formula is C25H24O5. The molecule has 0 fully saturated rings. The maximum Gasteiger partial charge on any atom is 0.343 e. The fourth-order valence-corrected chi connectivity index (χ4v) is 2.89. The predicted molar refractivity (Wildman–Crippen MR) is 114 cm³/mol. The molecule has 3 aromatic carbocycles. The normalized spacial score (nSPS) is 10.3. The molecule has 5 heteroatoms. The van der Waals surface area contributed by atoms with Gasteiger partial charge >= 0.3 is 11.9 Å². The van der Waals surface area contributed by atoms with E-state index in [1.54, 1.807) is 61.7 Å². The Bertz CT molecular complexity index is 991. The average Bonchev–Trinajstić information content (AvgIpc) is 2.79. The van der Waals surface area contributed by atoms with Crippen molar-refractivity contribution in [3.63, 3.8) is 0 Å². The van der Waals surface area contributed by atoms with Crippen molar-refractivity contribution in [2.45, 2.75) is 26.2 Å². The number of carbonyl (C=O) groups is 2. The quantitative estimate of drug-likeness (QED) is 0.368. The van der Waals surface area contributed by atoms with Gasteiger partial charge < -0.3 is 14.2 Å². The highest BCUT2D eigenvalue weighted by Gasteiger charge is 2.13. The van der Waals surface area contributed by atoms with E-state index in [4.69, 9.17) is 14.2 Å². The van der Waals surface area contributed by atoms with Crippen LogP contribution in [0, 0.1) is 0 Å². The Balaban J connectivity index is 1.63. The van der Waals surface area contributed by atoms with E-state index in [2.05, 4.69) is 6.92 Å². The third-order valence-electron chi connectivity index (χ3n) is 4.60. The van der Waals surface area contributed by atoms with Gasteiger partial charge in [0.15, 0.2) is 0 Å². The molecule has 0 unspecified atom stereocenters. The van der Waals surface area contributed by atoms with Crippen LogP contribution in [0.25, 0.3) is 0 Å². The van der Waals surface area contributed by atoms with Crippen LogP contribution in [0.1, 0.15) is 46.0 Å². The van der Waals surface area contributed by atoms with Gasteiger partial charge in [0.2, 0.25) is 0 Å². The molecule has 0 atom stereocenters. The Morgan fingerprint density at radius 3 is 1.90 bits per heavy atom. The van der Waals surface area contributed by atoms with E-state index in [0.29, 0.717) is 28.4 Å². The molecule has 0 radical (unpaired) electrons. The molecule has 0 heterocycles. The zero-order valence-corrected chi connectivity index (χ0v) is 17.1. The van der Waals surface area contributed by atoms with Gasteiger partial charge in [-0.2, -0.15) is 0 Å². The van der Waals surface area contributed by atoms with Crippen molar-refractivity contribution >= 4 is 11.9 Å². The van der Waals surface area contributed by atoms with Gasteiger partial charge in [-0.05, 0) is 73.0 Å². The van der Waals surface area contributed by atoms with Crippen LogP contribution in [-0.4, -0.2) is 19.0 Å². The fourth-order valence-electron chi connectivity index (χ4n) is 2.89. The third kappa shape index (κ3) is 5.47. The molecule has 0 aromatic heterocycles. The summed E-state index contributed by atoms with van der Waals surface area (Å²) in [5.41, 5.74) is 1.80. The van der Waals surface area contributed by atoms with E-state index < -0.39 is 11.9 Å². The highest BCUT2D eigenvalue weighted by Crippen LogP contribution is 2.22. The van der Waals surface area contributed by atoms with Gasteiger partial charge in [-0.3, -0.25) is 0 Å². The molecule has 3 rings (SSSR count). The monoisotopic (exact) mass is 404 g/mol. The Labute approximate surface area is 176 Å². The second kappa shape index (κ2) is 10.3. The SMILES string of the molecule is CCCCc1ccccc1OC(=O)c1ccc(OC(=O)c2ccc(OC)cc2)cc1. The van der Waals surface area contributed by atoms with Crippen LogP contribution >= 0.6 is 0 Å². The Morgan fingerprint density at radius 1 is 0.733 bits per heavy atom. The van der Waals surface area contributed by atoms with Crippen LogP contribution in [0.4, 0.5) is 0 Å². The highest BCUT2D eigenvalue weighted by atomic mass is 16.5. The van der Waals surface area contributed by atoms with E-state index in [1.165, 1.54) is 0 Å². The number of aryl methyl sites for hydroxylation is 1. The zero-order valence-electron chi connectivity index (χ0n) is 17.1. The number of rotatable bonds is 8. The Kier molecular flexibility index (Phi) is 7.22. The minimum Gasteiger partial charge on any atom is -0.497 e. The number of ether oxygens (including phenoxy) is 3. The first-order valence-electron chi connectivity index (χ1n) is 9.87. The van der Waals surface area contributed by atoms with Crippen molar-refractivity contribution in [3.8, 4) is 17.2 Å². The highest BCUT2D eigenvalue weighted by molar-refractivity contribution is 5.92. The topological polar surface area (TPSA) is 61.8 Å². The van der Waals surface area contributed by atoms with Crippen molar-refractivity contribution in [3.05, 3.63) is 89.5 Å². The number of carbonyl (C=O) groups excluding carboxylic acids is 2. The summed E-state index contributed by atoms with van der Waals surface area (Å²) in [6.45, 7) is 2.12. The lowest BCUT2D eigenvalue weighted by molar-refractivity contribution is 0.0729. The maximum absolute atomic E-state index is 12.5. The smallest absolute Gasteiger partial charge is 0.343 e. The Hall–Kier alpha value is -3.60. The van der Waals surface area contributed by atoms with Gasteiger partial charge in [-0.15, -0.1) is 0 Å². The van der Waals surface area contributed by atoms with Gasteiger partial charge in [-0.25, -0.2) is 9.59 Å². The summed E-state index contributed by atoms with van der Waals surface area (Å²) in [4.78, 5) is 24.8. The summed E-state index contributed by atoms with van der Waals surface area (Å²) in [5.74, 6) is 0.636.